The van der Waals surface area contributed by atoms with Crippen molar-refractivity contribution >= 4 is 67.5 Å². The van der Waals surface area contributed by atoms with Gasteiger partial charge in [-0.25, -0.2) is 19.4 Å². The van der Waals surface area contributed by atoms with Crippen LogP contribution in [0, 0.1) is 0 Å². The molecule has 6 aromatic rings. The number of nitrogens with one attached hydrogen (secondary N) is 1. The Balaban J connectivity index is 1.12. The van der Waals surface area contributed by atoms with E-state index in [4.69, 9.17) is 28.4 Å². The van der Waals surface area contributed by atoms with Gasteiger partial charge in [0.25, 0.3) is 0 Å². The highest BCUT2D eigenvalue weighted by Gasteiger charge is 2.20. The predicted molar refractivity (Wildman–Crippen MR) is 248 cm³/mol. The SMILES string of the molecule is C=CC(=O)OCCCCCCOc1ccc(C(=O)Oc2cc(/C=N/Nc3nc4ccccc4s3)c(OC(=O)c3ccc(OCCCCCCOC(=O)CC)cc3)c3ccccc23)cc1. The van der Waals surface area contributed by atoms with E-state index in [1.54, 1.807) is 85.8 Å². The molecule has 5 aromatic carbocycles. The number of hydrazone groups is 1. The third-order valence-corrected chi connectivity index (χ3v) is 10.7. The summed E-state index contributed by atoms with van der Waals surface area (Å²) in [5, 5.41) is 6.08. The van der Waals surface area contributed by atoms with Crippen LogP contribution >= 0.6 is 11.3 Å². The molecule has 0 saturated heterocycles. The van der Waals surface area contributed by atoms with Crippen LogP contribution in [-0.4, -0.2) is 61.5 Å². The number of aromatic nitrogens is 1. The number of ether oxygens (including phenoxy) is 6. The van der Waals surface area contributed by atoms with Crippen molar-refractivity contribution < 1.29 is 47.6 Å². The Bertz CT molecular complexity index is 2500. The van der Waals surface area contributed by atoms with Crippen molar-refractivity contribution in [3.05, 3.63) is 132 Å². The highest BCUT2D eigenvalue weighted by molar-refractivity contribution is 7.22. The van der Waals surface area contributed by atoms with Crippen LogP contribution in [0.2, 0.25) is 0 Å². The van der Waals surface area contributed by atoms with Crippen LogP contribution in [0.25, 0.3) is 21.0 Å². The van der Waals surface area contributed by atoms with Crippen molar-refractivity contribution in [2.75, 3.05) is 31.9 Å². The molecule has 13 nitrogen and oxygen atoms in total. The minimum absolute atomic E-state index is 0.183. The zero-order valence-corrected chi connectivity index (χ0v) is 36.6. The lowest BCUT2D eigenvalue weighted by Gasteiger charge is -2.15. The molecule has 0 fully saturated rings. The van der Waals surface area contributed by atoms with E-state index in [0.717, 1.165) is 67.7 Å². The van der Waals surface area contributed by atoms with E-state index in [9.17, 15) is 19.2 Å². The third kappa shape index (κ3) is 14.0. The van der Waals surface area contributed by atoms with Crippen LogP contribution in [0.4, 0.5) is 5.13 Å². The van der Waals surface area contributed by atoms with E-state index < -0.39 is 17.9 Å². The Morgan fingerprint density at radius 1 is 0.672 bits per heavy atom. The molecule has 0 bridgehead atoms. The summed E-state index contributed by atoms with van der Waals surface area (Å²) in [6.45, 7) is 6.98. The van der Waals surface area contributed by atoms with E-state index >= 15 is 0 Å². The van der Waals surface area contributed by atoms with Gasteiger partial charge in [0.1, 0.15) is 23.0 Å². The Kier molecular flexibility index (Phi) is 17.8. The average molecular weight is 886 g/mol. The maximum absolute atomic E-state index is 13.7. The van der Waals surface area contributed by atoms with E-state index in [2.05, 4.69) is 22.1 Å². The second-order valence-corrected chi connectivity index (χ2v) is 15.5. The first-order chi connectivity index (χ1) is 31.3. The summed E-state index contributed by atoms with van der Waals surface area (Å²) >= 11 is 1.44. The molecule has 332 valence electrons. The van der Waals surface area contributed by atoms with Crippen molar-refractivity contribution in [3.63, 3.8) is 0 Å². The number of carbonyl (C=O) groups excluding carboxylic acids is 4. The second-order valence-electron chi connectivity index (χ2n) is 14.5. The van der Waals surface area contributed by atoms with Crippen molar-refractivity contribution in [3.8, 4) is 23.0 Å². The van der Waals surface area contributed by atoms with Gasteiger partial charge in [-0.2, -0.15) is 5.10 Å². The summed E-state index contributed by atoms with van der Waals surface area (Å²) in [5.41, 5.74) is 4.80. The van der Waals surface area contributed by atoms with E-state index in [1.807, 2.05) is 24.3 Å². The summed E-state index contributed by atoms with van der Waals surface area (Å²) in [4.78, 5) is 54.3. The molecule has 0 saturated carbocycles. The van der Waals surface area contributed by atoms with Crippen LogP contribution in [0.1, 0.15) is 91.0 Å². The number of thiazole rings is 1. The van der Waals surface area contributed by atoms with Crippen molar-refractivity contribution in [2.24, 2.45) is 5.10 Å². The molecule has 0 aliphatic rings. The lowest BCUT2D eigenvalue weighted by atomic mass is 10.0. The van der Waals surface area contributed by atoms with Gasteiger partial charge < -0.3 is 28.4 Å². The quantitative estimate of drug-likeness (QED) is 0.0145. The number of fused-ring (bicyclic) bond motifs is 2. The van der Waals surface area contributed by atoms with Gasteiger partial charge in [0.2, 0.25) is 5.13 Å². The number of para-hydroxylation sites is 1. The molecule has 0 amide bonds. The topological polar surface area (TPSA) is 161 Å². The van der Waals surface area contributed by atoms with Gasteiger partial charge in [-0.05, 0) is 118 Å². The van der Waals surface area contributed by atoms with Crippen molar-refractivity contribution in [2.45, 2.75) is 64.7 Å². The van der Waals surface area contributed by atoms with Gasteiger partial charge in [0.15, 0.2) is 0 Å². The molecule has 0 radical (unpaired) electrons. The van der Waals surface area contributed by atoms with Gasteiger partial charge in [0, 0.05) is 28.8 Å². The number of nitrogens with zero attached hydrogens (tertiary/aromatic N) is 2. The monoisotopic (exact) mass is 885 g/mol. The van der Waals surface area contributed by atoms with Crippen LogP contribution in [0.3, 0.4) is 0 Å². The maximum atomic E-state index is 13.7. The molecule has 1 heterocycles. The van der Waals surface area contributed by atoms with Gasteiger partial charge in [-0.1, -0.05) is 61.2 Å². The summed E-state index contributed by atoms with van der Waals surface area (Å²) in [6.07, 6.45) is 9.96. The minimum Gasteiger partial charge on any atom is -0.494 e. The molecule has 14 heteroatoms. The molecule has 0 atom stereocenters. The average Bonchev–Trinajstić information content (AvgIpc) is 3.74. The van der Waals surface area contributed by atoms with Gasteiger partial charge in [-0.15, -0.1) is 0 Å². The number of esters is 4. The molecule has 0 unspecified atom stereocenters. The molecular formula is C50H51N3O10S. The molecule has 0 aliphatic carbocycles. The first kappa shape index (κ1) is 46.4. The number of hydrogen-bond donors (Lipinski definition) is 1. The minimum atomic E-state index is -0.604. The number of benzene rings is 5. The number of unbranched alkanes of at least 4 members (excludes halogenated alkanes) is 6. The maximum Gasteiger partial charge on any atom is 0.343 e. The van der Waals surface area contributed by atoms with Crippen LogP contribution in [0.15, 0.2) is 121 Å². The molecule has 64 heavy (non-hydrogen) atoms. The lowest BCUT2D eigenvalue weighted by Crippen LogP contribution is -2.12. The zero-order chi connectivity index (χ0) is 44.9. The van der Waals surface area contributed by atoms with E-state index in [-0.39, 0.29) is 17.5 Å². The Morgan fingerprint density at radius 3 is 1.84 bits per heavy atom. The lowest BCUT2D eigenvalue weighted by molar-refractivity contribution is -0.143. The number of hydrogen-bond acceptors (Lipinski definition) is 14. The summed E-state index contributed by atoms with van der Waals surface area (Å²) in [5.74, 6) is -0.0990. The van der Waals surface area contributed by atoms with Gasteiger partial charge in [-0.3, -0.25) is 10.2 Å². The fourth-order valence-electron chi connectivity index (χ4n) is 6.41. The molecule has 1 aromatic heterocycles. The fourth-order valence-corrected chi connectivity index (χ4v) is 7.22. The first-order valence-corrected chi connectivity index (χ1v) is 22.2. The number of anilines is 1. The highest BCUT2D eigenvalue weighted by Crippen LogP contribution is 2.37. The molecule has 1 N–H and O–H groups in total. The number of carbonyl (C=O) groups is 4. The normalized spacial score (nSPS) is 11.0. The van der Waals surface area contributed by atoms with Gasteiger partial charge in [0.05, 0.1) is 54.0 Å². The summed E-state index contributed by atoms with van der Waals surface area (Å²) in [7, 11) is 0. The largest absolute Gasteiger partial charge is 0.494 e. The van der Waals surface area contributed by atoms with Crippen LogP contribution in [0.5, 0.6) is 23.0 Å². The smallest absolute Gasteiger partial charge is 0.343 e. The first-order valence-electron chi connectivity index (χ1n) is 21.4. The van der Waals surface area contributed by atoms with E-state index in [0.29, 0.717) is 76.9 Å². The number of rotatable bonds is 25. The Labute approximate surface area is 376 Å². The second kappa shape index (κ2) is 24.5. The Hall–Kier alpha value is -7.06. The fraction of sp³-hybridized carbons (Fsp3) is 0.280. The zero-order valence-electron chi connectivity index (χ0n) is 35.8. The molecular weight excluding hydrogens is 835 g/mol. The Morgan fingerprint density at radius 2 is 1.23 bits per heavy atom. The standard InChI is InChI=1S/C50H51N3O10S/c1-3-45(54)60-31-15-7-5-13-29-58-38-25-21-35(22-26-38)48(56)62-43-33-37(34-51-53-50-52-42-19-11-12-20-44(42)64-50)47(41-18-10-9-17-40(41)43)63-49(57)36-23-27-39(28-24-36)59-30-14-6-8-16-32-61-46(55)4-2/h3,9-12,17-28,33-34H,1,4-8,13-16,29-32H2,2H3,(H,52,53)/b51-34+. The van der Waals surface area contributed by atoms with Crippen LogP contribution < -0.4 is 24.4 Å². The highest BCUT2D eigenvalue weighted by atomic mass is 32.1. The molecule has 0 aliphatic heterocycles. The van der Waals surface area contributed by atoms with Crippen molar-refractivity contribution in [1.29, 1.82) is 0 Å². The van der Waals surface area contributed by atoms with Crippen molar-refractivity contribution in [1.82, 2.24) is 4.98 Å². The van der Waals surface area contributed by atoms with E-state index in [1.165, 1.54) is 17.6 Å². The summed E-state index contributed by atoms with van der Waals surface area (Å²) < 4.78 is 35.0. The summed E-state index contributed by atoms with van der Waals surface area (Å²) in [6, 6.07) is 30.0. The molecule has 0 spiro atoms. The predicted octanol–water partition coefficient (Wildman–Crippen LogP) is 10.9. The molecule has 6 rings (SSSR count). The van der Waals surface area contributed by atoms with Gasteiger partial charge >= 0.3 is 23.9 Å². The third-order valence-electron chi connectivity index (χ3n) is 9.80. The van der Waals surface area contributed by atoms with Crippen LogP contribution in [-0.2, 0) is 19.1 Å².